The monoisotopic (exact) mass is 239 g/mol. The van der Waals surface area contributed by atoms with E-state index in [1.807, 2.05) is 6.07 Å². The minimum Gasteiger partial charge on any atom is -0.330 e. The fourth-order valence-electron chi connectivity index (χ4n) is 3.00. The van der Waals surface area contributed by atoms with Crippen molar-refractivity contribution in [1.82, 2.24) is 0 Å². The largest absolute Gasteiger partial charge is 0.330 e. The maximum absolute atomic E-state index is 13.6. The molecule has 0 aromatic heterocycles. The van der Waals surface area contributed by atoms with Crippen molar-refractivity contribution >= 4 is 0 Å². The van der Waals surface area contributed by atoms with Gasteiger partial charge in [0.05, 0.1) is 0 Å². The summed E-state index contributed by atoms with van der Waals surface area (Å²) in [5.41, 5.74) is 6.69. The number of hydrogen-bond acceptors (Lipinski definition) is 1. The summed E-state index contributed by atoms with van der Waals surface area (Å²) in [6, 6.07) is 4.83. The van der Waals surface area contributed by atoms with Crippen molar-refractivity contribution in [3.8, 4) is 0 Å². The first-order chi connectivity index (χ1) is 8.23. The van der Waals surface area contributed by atoms with Crippen LogP contribution >= 0.6 is 0 Å². The van der Waals surface area contributed by atoms with Gasteiger partial charge in [0.2, 0.25) is 0 Å². The van der Waals surface area contributed by atoms with Gasteiger partial charge in [-0.3, -0.25) is 0 Å². The molecule has 94 valence electrons. The molecule has 2 rings (SSSR count). The van der Waals surface area contributed by atoms with Gasteiger partial charge in [-0.1, -0.05) is 31.4 Å². The van der Waals surface area contributed by atoms with Crippen LogP contribution in [0.15, 0.2) is 18.2 Å². The maximum Gasteiger partial charge on any atom is 0.129 e. The Labute approximate surface area is 101 Å². The Hall–Kier alpha value is -0.960. The third-order valence-electron chi connectivity index (χ3n) is 4.03. The Morgan fingerprint density at radius 2 is 1.88 bits per heavy atom. The Balaban J connectivity index is 2.46. The molecule has 0 aliphatic heterocycles. The van der Waals surface area contributed by atoms with Gasteiger partial charge in [0.15, 0.2) is 0 Å². The van der Waals surface area contributed by atoms with Gasteiger partial charge in [-0.05, 0) is 24.5 Å². The third kappa shape index (κ3) is 2.21. The summed E-state index contributed by atoms with van der Waals surface area (Å²) >= 11 is 0. The lowest BCUT2D eigenvalue weighted by molar-refractivity contribution is 0.294. The summed E-state index contributed by atoms with van der Waals surface area (Å²) in [5.74, 6) is -0.441. The fraction of sp³-hybridized carbons (Fsp3) is 0.571. The predicted octanol–water partition coefficient (Wildman–Crippen LogP) is 3.46. The molecule has 2 N–H and O–H groups in total. The van der Waals surface area contributed by atoms with Gasteiger partial charge in [0, 0.05) is 17.5 Å². The van der Waals surface area contributed by atoms with Crippen LogP contribution < -0.4 is 5.73 Å². The van der Waals surface area contributed by atoms with Gasteiger partial charge in [0.1, 0.15) is 12.5 Å². The van der Waals surface area contributed by atoms with Crippen LogP contribution in [-0.2, 0) is 12.1 Å². The lowest BCUT2D eigenvalue weighted by Gasteiger charge is -2.38. The second-order valence-electron chi connectivity index (χ2n) is 4.94. The number of benzene rings is 1. The van der Waals surface area contributed by atoms with E-state index in [2.05, 4.69) is 0 Å². The fourth-order valence-corrected chi connectivity index (χ4v) is 3.00. The van der Waals surface area contributed by atoms with E-state index in [1.165, 1.54) is 12.5 Å². The van der Waals surface area contributed by atoms with E-state index in [0.29, 0.717) is 6.54 Å². The van der Waals surface area contributed by atoms with Crippen molar-refractivity contribution in [3.05, 3.63) is 35.1 Å². The summed E-state index contributed by atoms with van der Waals surface area (Å²) in [6.07, 6.45) is 5.28. The Morgan fingerprint density at radius 1 is 1.18 bits per heavy atom. The molecule has 0 spiro atoms. The van der Waals surface area contributed by atoms with Gasteiger partial charge in [-0.2, -0.15) is 0 Å². The van der Waals surface area contributed by atoms with Crippen molar-refractivity contribution in [2.24, 2.45) is 5.73 Å². The molecule has 1 aliphatic carbocycles. The molecule has 1 saturated carbocycles. The zero-order valence-electron chi connectivity index (χ0n) is 10.0. The molecule has 0 saturated heterocycles. The van der Waals surface area contributed by atoms with Crippen LogP contribution in [0.3, 0.4) is 0 Å². The minimum absolute atomic E-state index is 0.207. The SMILES string of the molecule is NCC1(c2cccc(F)c2CF)CCCCC1. The Kier molecular flexibility index (Phi) is 3.77. The lowest BCUT2D eigenvalue weighted by Crippen LogP contribution is -2.38. The van der Waals surface area contributed by atoms with E-state index in [0.717, 1.165) is 31.2 Å². The summed E-state index contributed by atoms with van der Waals surface area (Å²) < 4.78 is 26.7. The number of nitrogens with two attached hydrogens (primary N) is 1. The minimum atomic E-state index is -0.746. The van der Waals surface area contributed by atoms with Gasteiger partial charge in [-0.15, -0.1) is 0 Å². The summed E-state index contributed by atoms with van der Waals surface area (Å²) in [7, 11) is 0. The standard InChI is InChI=1S/C14H19F2N/c15-9-11-12(5-4-6-13(11)16)14(10-17)7-2-1-3-8-14/h4-6H,1-3,7-10,17H2. The maximum atomic E-state index is 13.6. The van der Waals surface area contributed by atoms with E-state index >= 15 is 0 Å². The number of rotatable bonds is 3. The Bertz CT molecular complexity index is 384. The molecular weight excluding hydrogens is 220 g/mol. The topological polar surface area (TPSA) is 26.0 Å². The zero-order valence-corrected chi connectivity index (χ0v) is 10.0. The highest BCUT2D eigenvalue weighted by atomic mass is 19.1. The van der Waals surface area contributed by atoms with Crippen LogP contribution in [-0.4, -0.2) is 6.54 Å². The van der Waals surface area contributed by atoms with E-state index in [9.17, 15) is 8.78 Å². The van der Waals surface area contributed by atoms with Crippen molar-refractivity contribution in [2.45, 2.75) is 44.2 Å². The molecule has 0 bridgehead atoms. The molecule has 0 heterocycles. The van der Waals surface area contributed by atoms with Gasteiger partial charge in [0.25, 0.3) is 0 Å². The average molecular weight is 239 g/mol. The highest BCUT2D eigenvalue weighted by molar-refractivity contribution is 5.36. The average Bonchev–Trinajstić information content (AvgIpc) is 2.39. The normalized spacial score (nSPS) is 19.2. The highest BCUT2D eigenvalue weighted by Crippen LogP contribution is 2.40. The van der Waals surface area contributed by atoms with Crippen molar-refractivity contribution in [1.29, 1.82) is 0 Å². The Morgan fingerprint density at radius 3 is 2.47 bits per heavy atom. The lowest BCUT2D eigenvalue weighted by atomic mass is 9.68. The van der Waals surface area contributed by atoms with Crippen molar-refractivity contribution < 1.29 is 8.78 Å². The van der Waals surface area contributed by atoms with Gasteiger partial charge < -0.3 is 5.73 Å². The molecule has 0 radical (unpaired) electrons. The van der Waals surface area contributed by atoms with E-state index < -0.39 is 12.5 Å². The van der Waals surface area contributed by atoms with Gasteiger partial charge in [-0.25, -0.2) is 8.78 Å². The molecule has 0 amide bonds. The smallest absolute Gasteiger partial charge is 0.129 e. The van der Waals surface area contributed by atoms with Crippen LogP contribution in [0.5, 0.6) is 0 Å². The molecule has 17 heavy (non-hydrogen) atoms. The van der Waals surface area contributed by atoms with Crippen LogP contribution in [0.25, 0.3) is 0 Å². The zero-order chi connectivity index (χ0) is 12.3. The summed E-state index contributed by atoms with van der Waals surface area (Å²) in [6.45, 7) is -0.271. The number of hydrogen-bond donors (Lipinski definition) is 1. The molecule has 0 atom stereocenters. The molecular formula is C14H19F2N. The second-order valence-corrected chi connectivity index (χ2v) is 4.94. The highest BCUT2D eigenvalue weighted by Gasteiger charge is 2.34. The second kappa shape index (κ2) is 5.13. The van der Waals surface area contributed by atoms with Crippen molar-refractivity contribution in [3.63, 3.8) is 0 Å². The van der Waals surface area contributed by atoms with E-state index in [-0.39, 0.29) is 11.0 Å². The molecule has 1 nitrogen and oxygen atoms in total. The van der Waals surface area contributed by atoms with Crippen LogP contribution in [0, 0.1) is 5.82 Å². The summed E-state index contributed by atoms with van der Waals surface area (Å²) in [5, 5.41) is 0. The van der Waals surface area contributed by atoms with Crippen molar-refractivity contribution in [2.75, 3.05) is 6.54 Å². The molecule has 1 aromatic carbocycles. The molecule has 1 aliphatic rings. The predicted molar refractivity (Wildman–Crippen MR) is 65.0 cm³/mol. The molecule has 1 aromatic rings. The number of alkyl halides is 1. The number of halogens is 2. The van der Waals surface area contributed by atoms with Crippen LogP contribution in [0.1, 0.15) is 43.2 Å². The van der Waals surface area contributed by atoms with Crippen LogP contribution in [0.2, 0.25) is 0 Å². The first-order valence-electron chi connectivity index (χ1n) is 6.27. The third-order valence-corrected chi connectivity index (χ3v) is 4.03. The molecule has 3 heteroatoms. The van der Waals surface area contributed by atoms with E-state index in [4.69, 9.17) is 5.73 Å². The first-order valence-corrected chi connectivity index (χ1v) is 6.27. The quantitative estimate of drug-likeness (QED) is 0.859. The first kappa shape index (κ1) is 12.5. The molecule has 1 fully saturated rings. The van der Waals surface area contributed by atoms with Gasteiger partial charge >= 0.3 is 0 Å². The molecule has 0 unspecified atom stereocenters. The van der Waals surface area contributed by atoms with E-state index in [1.54, 1.807) is 6.07 Å². The van der Waals surface area contributed by atoms with Crippen LogP contribution in [0.4, 0.5) is 8.78 Å². The summed E-state index contributed by atoms with van der Waals surface area (Å²) in [4.78, 5) is 0.